The molecular weight excluding hydrogens is 238 g/mol. The minimum Gasteiger partial charge on any atom is -0.480 e. The molecule has 0 aliphatic rings. The van der Waals surface area contributed by atoms with Crippen molar-refractivity contribution in [3.05, 3.63) is 21.4 Å². The van der Waals surface area contributed by atoms with Gasteiger partial charge in [-0.1, -0.05) is 13.3 Å². The molecule has 0 saturated heterocycles. The largest absolute Gasteiger partial charge is 0.480 e. The summed E-state index contributed by atoms with van der Waals surface area (Å²) in [6.07, 6.45) is 1.17. The molecule has 1 heterocycles. The van der Waals surface area contributed by atoms with Crippen LogP contribution in [0.1, 0.15) is 39.9 Å². The smallest absolute Gasteiger partial charge is 0.326 e. The van der Waals surface area contributed by atoms with Gasteiger partial charge in [-0.25, -0.2) is 4.79 Å². The highest BCUT2D eigenvalue weighted by atomic mass is 32.1. The lowest BCUT2D eigenvalue weighted by Gasteiger charge is -2.12. The van der Waals surface area contributed by atoms with Crippen molar-refractivity contribution in [3.8, 4) is 0 Å². The molecule has 1 aromatic heterocycles. The molecule has 0 aromatic carbocycles. The zero-order valence-corrected chi connectivity index (χ0v) is 11.1. The first-order valence-electron chi connectivity index (χ1n) is 5.56. The lowest BCUT2D eigenvalue weighted by atomic mass is 10.1. The summed E-state index contributed by atoms with van der Waals surface area (Å²) in [6, 6.07) is 0.996. The van der Waals surface area contributed by atoms with Gasteiger partial charge in [0.05, 0.1) is 4.88 Å². The first kappa shape index (κ1) is 13.7. The van der Waals surface area contributed by atoms with Gasteiger partial charge in [0.1, 0.15) is 6.04 Å². The molecule has 0 bridgehead atoms. The number of amides is 1. The van der Waals surface area contributed by atoms with Crippen LogP contribution in [-0.4, -0.2) is 23.0 Å². The predicted octanol–water partition coefficient (Wildman–Crippen LogP) is 2.35. The van der Waals surface area contributed by atoms with E-state index in [9.17, 15) is 9.59 Å². The normalized spacial score (nSPS) is 12.2. The van der Waals surface area contributed by atoms with E-state index in [1.54, 1.807) is 6.07 Å². The lowest BCUT2D eigenvalue weighted by Crippen LogP contribution is -2.40. The van der Waals surface area contributed by atoms with Crippen LogP contribution in [0.3, 0.4) is 0 Å². The van der Waals surface area contributed by atoms with Crippen molar-refractivity contribution in [1.82, 2.24) is 5.32 Å². The maximum Gasteiger partial charge on any atom is 0.326 e. The Morgan fingerprint density at radius 3 is 2.53 bits per heavy atom. The number of carbonyl (C=O) groups excluding carboxylic acids is 1. The van der Waals surface area contributed by atoms with Crippen molar-refractivity contribution in [1.29, 1.82) is 0 Å². The van der Waals surface area contributed by atoms with Crippen LogP contribution in [0.25, 0.3) is 0 Å². The molecule has 5 heteroatoms. The third kappa shape index (κ3) is 3.56. The maximum absolute atomic E-state index is 11.8. The quantitative estimate of drug-likeness (QED) is 0.848. The molecule has 1 unspecified atom stereocenters. The molecule has 1 amide bonds. The third-order valence-electron chi connectivity index (χ3n) is 2.57. The van der Waals surface area contributed by atoms with Gasteiger partial charge in [-0.2, -0.15) is 0 Å². The Morgan fingerprint density at radius 1 is 1.47 bits per heavy atom. The fourth-order valence-corrected chi connectivity index (χ4v) is 2.40. The molecule has 0 fully saturated rings. The van der Waals surface area contributed by atoms with Gasteiger partial charge >= 0.3 is 5.97 Å². The molecular formula is C12H17NO3S. The Kier molecular flexibility index (Phi) is 4.69. The van der Waals surface area contributed by atoms with Gasteiger partial charge in [0.15, 0.2) is 0 Å². The molecule has 17 heavy (non-hydrogen) atoms. The van der Waals surface area contributed by atoms with E-state index in [0.29, 0.717) is 11.3 Å². The van der Waals surface area contributed by atoms with Gasteiger partial charge in [0.25, 0.3) is 5.91 Å². The van der Waals surface area contributed by atoms with Crippen LogP contribution in [0.15, 0.2) is 6.07 Å². The van der Waals surface area contributed by atoms with E-state index in [1.807, 2.05) is 20.8 Å². The van der Waals surface area contributed by atoms with Gasteiger partial charge in [-0.05, 0) is 31.9 Å². The number of aliphatic carboxylic acids is 1. The van der Waals surface area contributed by atoms with Gasteiger partial charge in [-0.15, -0.1) is 11.3 Å². The zero-order valence-electron chi connectivity index (χ0n) is 10.2. The fraction of sp³-hybridized carbons (Fsp3) is 0.500. The van der Waals surface area contributed by atoms with E-state index in [0.717, 1.165) is 16.9 Å². The van der Waals surface area contributed by atoms with E-state index >= 15 is 0 Å². The van der Waals surface area contributed by atoms with Crippen molar-refractivity contribution in [2.24, 2.45) is 0 Å². The molecule has 0 radical (unpaired) electrons. The zero-order chi connectivity index (χ0) is 13.0. The van der Waals surface area contributed by atoms with Crippen LogP contribution in [0.4, 0.5) is 0 Å². The monoisotopic (exact) mass is 255 g/mol. The van der Waals surface area contributed by atoms with Gasteiger partial charge < -0.3 is 10.4 Å². The summed E-state index contributed by atoms with van der Waals surface area (Å²) >= 11 is 1.39. The maximum atomic E-state index is 11.8. The molecule has 1 atom stereocenters. The second kappa shape index (κ2) is 5.82. The fourth-order valence-electron chi connectivity index (χ4n) is 1.46. The van der Waals surface area contributed by atoms with Crippen molar-refractivity contribution >= 4 is 23.2 Å². The van der Waals surface area contributed by atoms with Crippen LogP contribution < -0.4 is 5.32 Å². The van der Waals surface area contributed by atoms with Crippen LogP contribution >= 0.6 is 11.3 Å². The summed E-state index contributed by atoms with van der Waals surface area (Å²) in [5.74, 6) is -1.28. The minimum absolute atomic E-state index is 0.299. The van der Waals surface area contributed by atoms with E-state index in [2.05, 4.69) is 5.32 Å². The van der Waals surface area contributed by atoms with Crippen LogP contribution in [0, 0.1) is 13.8 Å². The third-order valence-corrected chi connectivity index (χ3v) is 3.72. The number of aryl methyl sites for hydroxylation is 2. The number of thiophene rings is 1. The molecule has 0 spiro atoms. The number of carboxylic acids is 1. The van der Waals surface area contributed by atoms with E-state index < -0.39 is 12.0 Å². The average Bonchev–Trinajstić information content (AvgIpc) is 2.58. The van der Waals surface area contributed by atoms with E-state index in [1.165, 1.54) is 11.3 Å². The first-order valence-corrected chi connectivity index (χ1v) is 6.38. The van der Waals surface area contributed by atoms with E-state index in [-0.39, 0.29) is 5.91 Å². The van der Waals surface area contributed by atoms with Gasteiger partial charge in [0.2, 0.25) is 0 Å². The van der Waals surface area contributed by atoms with Crippen molar-refractivity contribution in [2.45, 2.75) is 39.7 Å². The first-order chi connectivity index (χ1) is 7.95. The van der Waals surface area contributed by atoms with Crippen LogP contribution in [0.2, 0.25) is 0 Å². The Hall–Kier alpha value is -1.36. The standard InChI is InChI=1S/C12H17NO3S/c1-4-5-9(12(15)16)13-11(14)10-6-7(2)8(3)17-10/h6,9H,4-5H2,1-3H3,(H,13,14)(H,15,16). The minimum atomic E-state index is -0.981. The highest BCUT2D eigenvalue weighted by Gasteiger charge is 2.20. The SMILES string of the molecule is CCCC(NC(=O)c1cc(C)c(C)s1)C(=O)O. The van der Waals surface area contributed by atoms with Crippen molar-refractivity contribution in [3.63, 3.8) is 0 Å². The second-order valence-electron chi connectivity index (χ2n) is 4.00. The summed E-state index contributed by atoms with van der Waals surface area (Å²) in [4.78, 5) is 24.4. The average molecular weight is 255 g/mol. The highest BCUT2D eigenvalue weighted by molar-refractivity contribution is 7.14. The van der Waals surface area contributed by atoms with Crippen molar-refractivity contribution < 1.29 is 14.7 Å². The van der Waals surface area contributed by atoms with Crippen molar-refractivity contribution in [2.75, 3.05) is 0 Å². The van der Waals surface area contributed by atoms with Crippen LogP contribution in [0.5, 0.6) is 0 Å². The molecule has 1 aromatic rings. The molecule has 94 valence electrons. The summed E-state index contributed by atoms with van der Waals surface area (Å²) < 4.78 is 0. The topological polar surface area (TPSA) is 66.4 Å². The summed E-state index contributed by atoms with van der Waals surface area (Å²) in [6.45, 7) is 5.77. The Labute approximate surface area is 105 Å². The molecule has 1 rings (SSSR count). The number of rotatable bonds is 5. The Bertz CT molecular complexity index is 406. The summed E-state index contributed by atoms with van der Waals surface area (Å²) in [7, 11) is 0. The predicted molar refractivity (Wildman–Crippen MR) is 67.6 cm³/mol. The molecule has 0 aliphatic heterocycles. The molecule has 2 N–H and O–H groups in total. The molecule has 0 saturated carbocycles. The number of hydrogen-bond donors (Lipinski definition) is 2. The molecule has 0 aliphatic carbocycles. The number of nitrogens with one attached hydrogen (secondary N) is 1. The Morgan fingerprint density at radius 2 is 2.12 bits per heavy atom. The van der Waals surface area contributed by atoms with E-state index in [4.69, 9.17) is 5.11 Å². The highest BCUT2D eigenvalue weighted by Crippen LogP contribution is 2.20. The van der Waals surface area contributed by atoms with Crippen LogP contribution in [-0.2, 0) is 4.79 Å². The summed E-state index contributed by atoms with van der Waals surface area (Å²) in [5, 5.41) is 11.5. The number of hydrogen-bond acceptors (Lipinski definition) is 3. The number of carbonyl (C=O) groups is 2. The van der Waals surface area contributed by atoms with Gasteiger partial charge in [-0.3, -0.25) is 4.79 Å². The summed E-state index contributed by atoms with van der Waals surface area (Å²) in [5.41, 5.74) is 1.06. The van der Waals surface area contributed by atoms with Gasteiger partial charge in [0, 0.05) is 4.88 Å². The lowest BCUT2D eigenvalue weighted by molar-refractivity contribution is -0.139. The number of carboxylic acid groups (broad SMARTS) is 1. The Balaban J connectivity index is 2.73. The second-order valence-corrected chi connectivity index (χ2v) is 5.26. The molecule has 4 nitrogen and oxygen atoms in total.